The van der Waals surface area contributed by atoms with Crippen molar-refractivity contribution >= 4 is 11.8 Å². The highest BCUT2D eigenvalue weighted by atomic mass is 16.2. The minimum absolute atomic E-state index is 0.106. The topological polar surface area (TPSA) is 84.2 Å². The van der Waals surface area contributed by atoms with E-state index in [1.165, 1.54) is 0 Å². The first kappa shape index (κ1) is 12.0. The Labute approximate surface area is 89.8 Å². The van der Waals surface area contributed by atoms with E-state index < -0.39 is 0 Å². The molecule has 5 nitrogen and oxygen atoms in total. The first-order valence-electron chi connectivity index (χ1n) is 5.22. The van der Waals surface area contributed by atoms with Crippen LogP contribution in [0.4, 0.5) is 0 Å². The molecule has 5 heteroatoms. The number of nitrogens with one attached hydrogen (secondary N) is 2. The number of hydrogen-bond donors (Lipinski definition) is 3. The molecule has 0 saturated carbocycles. The van der Waals surface area contributed by atoms with Gasteiger partial charge in [0.1, 0.15) is 0 Å². The Hall–Kier alpha value is -1.10. The van der Waals surface area contributed by atoms with E-state index in [0.717, 1.165) is 6.42 Å². The molecule has 86 valence electrons. The average Bonchev–Trinajstić information content (AvgIpc) is 2.46. The van der Waals surface area contributed by atoms with Gasteiger partial charge in [0, 0.05) is 31.0 Å². The Kier molecular flexibility index (Phi) is 3.68. The van der Waals surface area contributed by atoms with Gasteiger partial charge in [0.25, 0.3) is 0 Å². The quantitative estimate of drug-likeness (QED) is 0.576. The Balaban J connectivity index is 2.29. The van der Waals surface area contributed by atoms with Crippen LogP contribution in [0.3, 0.4) is 0 Å². The van der Waals surface area contributed by atoms with Gasteiger partial charge in [-0.2, -0.15) is 0 Å². The second-order valence-corrected chi connectivity index (χ2v) is 4.71. The Morgan fingerprint density at radius 1 is 1.67 bits per heavy atom. The molecule has 2 amide bonds. The molecule has 4 N–H and O–H groups in total. The number of rotatable bonds is 5. The van der Waals surface area contributed by atoms with Crippen molar-refractivity contribution in [2.75, 3.05) is 6.54 Å². The van der Waals surface area contributed by atoms with E-state index in [9.17, 15) is 9.59 Å². The molecule has 1 fully saturated rings. The molecule has 1 atom stereocenters. The molecule has 0 radical (unpaired) electrons. The fourth-order valence-corrected chi connectivity index (χ4v) is 1.73. The van der Waals surface area contributed by atoms with Gasteiger partial charge in [-0.15, -0.1) is 0 Å². The summed E-state index contributed by atoms with van der Waals surface area (Å²) in [7, 11) is 0. The van der Waals surface area contributed by atoms with Crippen LogP contribution in [-0.2, 0) is 9.59 Å². The number of nitrogens with two attached hydrogens (primary N) is 1. The van der Waals surface area contributed by atoms with Crippen LogP contribution in [-0.4, -0.2) is 29.9 Å². The lowest BCUT2D eigenvalue weighted by molar-refractivity contribution is -0.120. The normalized spacial score (nSPS) is 21.5. The van der Waals surface area contributed by atoms with Gasteiger partial charge in [-0.05, 0) is 20.3 Å². The summed E-state index contributed by atoms with van der Waals surface area (Å²) in [5.74, 6) is -0.211. The van der Waals surface area contributed by atoms with Crippen molar-refractivity contribution in [3.8, 4) is 0 Å². The van der Waals surface area contributed by atoms with Gasteiger partial charge >= 0.3 is 0 Å². The fourth-order valence-electron chi connectivity index (χ4n) is 1.73. The summed E-state index contributed by atoms with van der Waals surface area (Å²) in [6.45, 7) is 4.54. The van der Waals surface area contributed by atoms with E-state index in [-0.39, 0.29) is 23.4 Å². The summed E-state index contributed by atoms with van der Waals surface area (Å²) in [5, 5.41) is 6.10. The molecule has 1 aliphatic rings. The van der Waals surface area contributed by atoms with Crippen molar-refractivity contribution in [2.45, 2.75) is 44.7 Å². The molecule has 0 bridgehead atoms. The van der Waals surface area contributed by atoms with Gasteiger partial charge < -0.3 is 16.4 Å². The molecule has 1 unspecified atom stereocenters. The average molecular weight is 213 g/mol. The Morgan fingerprint density at radius 2 is 2.33 bits per heavy atom. The second kappa shape index (κ2) is 4.61. The van der Waals surface area contributed by atoms with E-state index >= 15 is 0 Å². The summed E-state index contributed by atoms with van der Waals surface area (Å²) in [5.41, 5.74) is 4.83. The molecule has 0 aromatic rings. The van der Waals surface area contributed by atoms with Crippen LogP contribution in [0.25, 0.3) is 0 Å². The molecular weight excluding hydrogens is 194 g/mol. The van der Waals surface area contributed by atoms with Crippen molar-refractivity contribution < 1.29 is 9.59 Å². The van der Waals surface area contributed by atoms with E-state index in [0.29, 0.717) is 19.4 Å². The Bertz CT molecular complexity index is 263. The van der Waals surface area contributed by atoms with Crippen molar-refractivity contribution in [3.05, 3.63) is 0 Å². The first-order chi connectivity index (χ1) is 6.89. The zero-order valence-corrected chi connectivity index (χ0v) is 9.30. The third-order valence-corrected chi connectivity index (χ3v) is 2.53. The van der Waals surface area contributed by atoms with Crippen LogP contribution in [0.15, 0.2) is 0 Å². The van der Waals surface area contributed by atoms with Crippen LogP contribution in [0.2, 0.25) is 0 Å². The van der Waals surface area contributed by atoms with Gasteiger partial charge in [-0.25, -0.2) is 0 Å². The molecule has 0 spiro atoms. The van der Waals surface area contributed by atoms with E-state index in [2.05, 4.69) is 10.6 Å². The molecule has 1 aliphatic heterocycles. The molecule has 1 rings (SSSR count). The molecule has 1 heterocycles. The van der Waals surface area contributed by atoms with Crippen LogP contribution >= 0.6 is 0 Å². The van der Waals surface area contributed by atoms with Crippen LogP contribution < -0.4 is 16.4 Å². The smallest absolute Gasteiger partial charge is 0.220 e. The standard InChI is InChI=1S/C10H19N3O2/c1-10(2,5-8(11)14)12-6-7-3-4-9(15)13-7/h7,12H,3-6H2,1-2H3,(H2,11,14)(H,13,15). The van der Waals surface area contributed by atoms with Gasteiger partial charge in [-0.3, -0.25) is 9.59 Å². The molecule has 0 aliphatic carbocycles. The van der Waals surface area contributed by atoms with E-state index in [1.54, 1.807) is 0 Å². The lowest BCUT2D eigenvalue weighted by Crippen LogP contribution is -2.48. The van der Waals surface area contributed by atoms with Gasteiger partial charge in [0.2, 0.25) is 11.8 Å². The third kappa shape index (κ3) is 4.29. The number of hydrogen-bond acceptors (Lipinski definition) is 3. The van der Waals surface area contributed by atoms with Crippen molar-refractivity contribution in [1.29, 1.82) is 0 Å². The third-order valence-electron chi connectivity index (χ3n) is 2.53. The summed E-state index contributed by atoms with van der Waals surface area (Å²) in [6.07, 6.45) is 1.76. The monoisotopic (exact) mass is 213 g/mol. The highest BCUT2D eigenvalue weighted by Gasteiger charge is 2.25. The molecular formula is C10H19N3O2. The lowest BCUT2D eigenvalue weighted by atomic mass is 10.00. The molecule has 0 aromatic heterocycles. The Morgan fingerprint density at radius 3 is 2.80 bits per heavy atom. The molecule has 1 saturated heterocycles. The zero-order chi connectivity index (χ0) is 11.5. The van der Waals surface area contributed by atoms with Crippen molar-refractivity contribution in [2.24, 2.45) is 5.73 Å². The summed E-state index contributed by atoms with van der Waals surface area (Å²) < 4.78 is 0. The highest BCUT2D eigenvalue weighted by Crippen LogP contribution is 2.10. The van der Waals surface area contributed by atoms with Crippen LogP contribution in [0.1, 0.15) is 33.1 Å². The maximum Gasteiger partial charge on any atom is 0.220 e. The highest BCUT2D eigenvalue weighted by molar-refractivity contribution is 5.78. The largest absolute Gasteiger partial charge is 0.370 e. The minimum Gasteiger partial charge on any atom is -0.370 e. The van der Waals surface area contributed by atoms with Gasteiger partial charge in [0.15, 0.2) is 0 Å². The molecule has 0 aromatic carbocycles. The van der Waals surface area contributed by atoms with Gasteiger partial charge in [0.05, 0.1) is 0 Å². The van der Waals surface area contributed by atoms with Crippen LogP contribution in [0, 0.1) is 0 Å². The fraction of sp³-hybridized carbons (Fsp3) is 0.800. The second-order valence-electron chi connectivity index (χ2n) is 4.71. The number of carbonyl (C=O) groups excluding carboxylic acids is 2. The lowest BCUT2D eigenvalue weighted by Gasteiger charge is -2.26. The van der Waals surface area contributed by atoms with E-state index in [1.807, 2.05) is 13.8 Å². The maximum atomic E-state index is 10.9. The summed E-state index contributed by atoms with van der Waals surface area (Å²) in [6, 6.07) is 0.185. The zero-order valence-electron chi connectivity index (χ0n) is 9.30. The summed E-state index contributed by atoms with van der Waals surface area (Å²) >= 11 is 0. The van der Waals surface area contributed by atoms with Crippen LogP contribution in [0.5, 0.6) is 0 Å². The van der Waals surface area contributed by atoms with Gasteiger partial charge in [-0.1, -0.05) is 0 Å². The van der Waals surface area contributed by atoms with Crippen molar-refractivity contribution in [1.82, 2.24) is 10.6 Å². The molecule has 15 heavy (non-hydrogen) atoms. The predicted octanol–water partition coefficient (Wildman–Crippen LogP) is -0.491. The summed E-state index contributed by atoms with van der Waals surface area (Å²) in [4.78, 5) is 21.7. The predicted molar refractivity (Wildman–Crippen MR) is 57.1 cm³/mol. The number of amides is 2. The van der Waals surface area contributed by atoms with Crippen molar-refractivity contribution in [3.63, 3.8) is 0 Å². The number of primary amides is 1. The van der Waals surface area contributed by atoms with E-state index in [4.69, 9.17) is 5.73 Å². The SMILES string of the molecule is CC(C)(CC(N)=O)NCC1CCC(=O)N1. The minimum atomic E-state index is -0.317. The number of carbonyl (C=O) groups is 2. The first-order valence-corrected chi connectivity index (χ1v) is 5.22. The maximum absolute atomic E-state index is 10.9.